The third kappa shape index (κ3) is 3.83. The van der Waals surface area contributed by atoms with Gasteiger partial charge in [0.1, 0.15) is 6.17 Å². The fraction of sp³-hybridized carbons (Fsp3) is 0.156. The molecule has 1 fully saturated rings. The zero-order valence-corrected chi connectivity index (χ0v) is 19.8. The van der Waals surface area contributed by atoms with Gasteiger partial charge in [0.15, 0.2) is 5.43 Å². The first-order valence-electron chi connectivity index (χ1n) is 12.3. The van der Waals surface area contributed by atoms with Crippen molar-refractivity contribution in [3.05, 3.63) is 131 Å². The zero-order chi connectivity index (χ0) is 23.8. The standard InChI is InChI=1S/C32H28N2O/c1-23(25-18-19-30-26(22-25)17-16-24-10-8-9-15-29(24)31(30)35)32-33(27-11-4-2-5-12-27)20-21-34(32)28-13-6-3-7-14-28/h2-19,22-23,32H,20-21H2,1H3. The van der Waals surface area contributed by atoms with Crippen molar-refractivity contribution in [3.63, 3.8) is 0 Å². The fourth-order valence-electron chi connectivity index (χ4n) is 5.55. The Morgan fingerprint density at radius 2 is 1.17 bits per heavy atom. The van der Waals surface area contributed by atoms with Crippen molar-refractivity contribution in [2.75, 3.05) is 22.9 Å². The first-order valence-corrected chi connectivity index (χ1v) is 12.3. The van der Waals surface area contributed by atoms with Gasteiger partial charge in [0.25, 0.3) is 0 Å². The summed E-state index contributed by atoms with van der Waals surface area (Å²) in [6.45, 7) is 4.24. The average molecular weight is 457 g/mol. The van der Waals surface area contributed by atoms with Crippen LogP contribution in [0.5, 0.6) is 0 Å². The minimum Gasteiger partial charge on any atom is -0.349 e. The second-order valence-electron chi connectivity index (χ2n) is 9.36. The average Bonchev–Trinajstić information content (AvgIpc) is 3.31. The summed E-state index contributed by atoms with van der Waals surface area (Å²) < 4.78 is 0. The van der Waals surface area contributed by atoms with Gasteiger partial charge in [0.2, 0.25) is 0 Å². The summed E-state index contributed by atoms with van der Waals surface area (Å²) in [5.41, 5.74) is 3.81. The van der Waals surface area contributed by atoms with E-state index in [0.717, 1.165) is 34.6 Å². The summed E-state index contributed by atoms with van der Waals surface area (Å²) in [5.74, 6) is 0.220. The normalized spacial score (nSPS) is 15.1. The van der Waals surface area contributed by atoms with Crippen LogP contribution in [0, 0.1) is 0 Å². The summed E-state index contributed by atoms with van der Waals surface area (Å²) in [4.78, 5) is 18.3. The molecule has 0 spiro atoms. The fourth-order valence-corrected chi connectivity index (χ4v) is 5.55. The Morgan fingerprint density at radius 1 is 0.629 bits per heavy atom. The van der Waals surface area contributed by atoms with Gasteiger partial charge < -0.3 is 9.80 Å². The van der Waals surface area contributed by atoms with Crippen LogP contribution in [0.2, 0.25) is 0 Å². The highest BCUT2D eigenvalue weighted by atomic mass is 16.1. The van der Waals surface area contributed by atoms with E-state index in [1.54, 1.807) is 0 Å². The molecule has 0 amide bonds. The van der Waals surface area contributed by atoms with Gasteiger partial charge in [-0.15, -0.1) is 0 Å². The van der Waals surface area contributed by atoms with Gasteiger partial charge in [-0.05, 0) is 40.6 Å². The third-order valence-corrected chi connectivity index (χ3v) is 7.34. The molecule has 0 radical (unpaired) electrons. The molecule has 1 aliphatic heterocycles. The van der Waals surface area contributed by atoms with Crippen molar-refractivity contribution in [2.45, 2.75) is 19.0 Å². The number of anilines is 2. The summed E-state index contributed by atoms with van der Waals surface area (Å²) in [5, 5.41) is 3.51. The molecular formula is C32H28N2O. The maximum absolute atomic E-state index is 13.3. The summed E-state index contributed by atoms with van der Waals surface area (Å²) in [6, 6.07) is 39.7. The smallest absolute Gasteiger partial charge is 0.194 e. The second kappa shape index (κ2) is 8.92. The number of benzene rings is 4. The summed E-state index contributed by atoms with van der Waals surface area (Å²) >= 11 is 0. The number of nitrogens with zero attached hydrogens (tertiary/aromatic N) is 2. The van der Waals surface area contributed by atoms with Crippen LogP contribution in [-0.2, 0) is 0 Å². The highest BCUT2D eigenvalue weighted by Gasteiger charge is 2.36. The van der Waals surface area contributed by atoms with E-state index in [2.05, 4.69) is 102 Å². The zero-order valence-electron chi connectivity index (χ0n) is 19.8. The van der Waals surface area contributed by atoms with Crippen molar-refractivity contribution >= 4 is 32.9 Å². The second-order valence-corrected chi connectivity index (χ2v) is 9.36. The SMILES string of the molecule is CC(c1ccc2c(=O)c3ccccc3ccc2c1)C1N(c2ccccc2)CCN1c1ccccc1. The van der Waals surface area contributed by atoms with Gasteiger partial charge in [-0.1, -0.05) is 97.9 Å². The topological polar surface area (TPSA) is 23.6 Å². The van der Waals surface area contributed by atoms with Crippen LogP contribution >= 0.6 is 0 Å². The molecule has 5 aromatic carbocycles. The lowest BCUT2D eigenvalue weighted by Crippen LogP contribution is -2.43. The van der Waals surface area contributed by atoms with E-state index in [1.807, 2.05) is 30.3 Å². The quantitative estimate of drug-likeness (QED) is 0.297. The Labute approximate surface area is 205 Å². The van der Waals surface area contributed by atoms with Gasteiger partial charge in [0.05, 0.1) is 0 Å². The number of fused-ring (bicyclic) bond motifs is 2. The number of hydrogen-bond donors (Lipinski definition) is 0. The molecule has 0 aromatic heterocycles. The van der Waals surface area contributed by atoms with Crippen LogP contribution in [0.15, 0.2) is 120 Å². The third-order valence-electron chi connectivity index (χ3n) is 7.34. The van der Waals surface area contributed by atoms with Crippen LogP contribution in [0.3, 0.4) is 0 Å². The van der Waals surface area contributed by atoms with E-state index in [9.17, 15) is 4.79 Å². The van der Waals surface area contributed by atoms with E-state index >= 15 is 0 Å². The maximum Gasteiger partial charge on any atom is 0.194 e. The molecule has 1 atom stereocenters. The predicted octanol–water partition coefficient (Wildman–Crippen LogP) is 6.81. The predicted molar refractivity (Wildman–Crippen MR) is 148 cm³/mol. The molecule has 1 saturated heterocycles. The minimum atomic E-state index is 0.0949. The molecule has 0 saturated carbocycles. The van der Waals surface area contributed by atoms with Gasteiger partial charge in [-0.25, -0.2) is 0 Å². The van der Waals surface area contributed by atoms with Gasteiger partial charge in [-0.3, -0.25) is 4.79 Å². The Hall–Kier alpha value is -4.11. The molecule has 1 unspecified atom stereocenters. The van der Waals surface area contributed by atoms with E-state index in [-0.39, 0.29) is 17.5 Å². The summed E-state index contributed by atoms with van der Waals surface area (Å²) in [7, 11) is 0. The molecule has 0 N–H and O–H groups in total. The molecule has 6 rings (SSSR count). The molecule has 1 heterocycles. The largest absolute Gasteiger partial charge is 0.349 e. The Bertz CT molecular complexity index is 1500. The first-order chi connectivity index (χ1) is 17.2. The van der Waals surface area contributed by atoms with Crippen LogP contribution in [0.25, 0.3) is 21.5 Å². The molecule has 0 bridgehead atoms. The number of hydrogen-bond acceptors (Lipinski definition) is 3. The number of rotatable bonds is 4. The van der Waals surface area contributed by atoms with E-state index in [4.69, 9.17) is 0 Å². The summed E-state index contributed by atoms with van der Waals surface area (Å²) in [6.07, 6.45) is 0.167. The molecule has 172 valence electrons. The van der Waals surface area contributed by atoms with Crippen molar-refractivity contribution in [1.29, 1.82) is 0 Å². The molecule has 3 nitrogen and oxygen atoms in total. The van der Waals surface area contributed by atoms with Crippen LogP contribution < -0.4 is 15.2 Å². The lowest BCUT2D eigenvalue weighted by molar-refractivity contribution is 0.566. The Kier molecular flexibility index (Phi) is 5.46. The van der Waals surface area contributed by atoms with Gasteiger partial charge >= 0.3 is 0 Å². The van der Waals surface area contributed by atoms with E-state index < -0.39 is 0 Å². The molecule has 5 aromatic rings. The van der Waals surface area contributed by atoms with Gasteiger partial charge in [0, 0.05) is 41.2 Å². The van der Waals surface area contributed by atoms with Crippen LogP contribution in [0.4, 0.5) is 11.4 Å². The molecule has 1 aliphatic rings. The lowest BCUT2D eigenvalue weighted by Gasteiger charge is -2.37. The molecule has 35 heavy (non-hydrogen) atoms. The van der Waals surface area contributed by atoms with Crippen molar-refractivity contribution in [3.8, 4) is 0 Å². The molecule has 0 aliphatic carbocycles. The minimum absolute atomic E-state index is 0.0949. The molecule has 3 heteroatoms. The van der Waals surface area contributed by atoms with Crippen molar-refractivity contribution in [2.24, 2.45) is 0 Å². The monoisotopic (exact) mass is 456 g/mol. The van der Waals surface area contributed by atoms with Crippen LogP contribution in [0.1, 0.15) is 18.4 Å². The Balaban J connectivity index is 1.46. The van der Waals surface area contributed by atoms with E-state index in [1.165, 1.54) is 16.9 Å². The van der Waals surface area contributed by atoms with Crippen molar-refractivity contribution in [1.82, 2.24) is 0 Å². The highest BCUT2D eigenvalue weighted by Crippen LogP contribution is 2.36. The van der Waals surface area contributed by atoms with Crippen molar-refractivity contribution < 1.29 is 0 Å². The first kappa shape index (κ1) is 21.4. The lowest BCUT2D eigenvalue weighted by atomic mass is 9.94. The Morgan fingerprint density at radius 3 is 1.83 bits per heavy atom. The van der Waals surface area contributed by atoms with E-state index in [0.29, 0.717) is 0 Å². The van der Waals surface area contributed by atoms with Gasteiger partial charge in [-0.2, -0.15) is 0 Å². The highest BCUT2D eigenvalue weighted by molar-refractivity contribution is 5.93. The maximum atomic E-state index is 13.3. The van der Waals surface area contributed by atoms with Crippen LogP contribution in [-0.4, -0.2) is 19.3 Å². The molecular weight excluding hydrogens is 428 g/mol. The number of para-hydroxylation sites is 2.